The summed E-state index contributed by atoms with van der Waals surface area (Å²) in [6, 6.07) is 44.6. The molecule has 262 valence electrons. The van der Waals surface area contributed by atoms with Gasteiger partial charge in [0.1, 0.15) is 5.69 Å². The van der Waals surface area contributed by atoms with Crippen molar-refractivity contribution in [2.45, 2.75) is 20.8 Å². The molecule has 8 aromatic rings. The average molecular weight is 774 g/mol. The fourth-order valence-electron chi connectivity index (χ4n) is 6.12. The molecule has 14 heteroatoms. The van der Waals surface area contributed by atoms with Crippen molar-refractivity contribution in [1.82, 2.24) is 38.9 Å². The number of rotatable bonds is 7. The normalized spacial score (nSPS) is 10.5. The van der Waals surface area contributed by atoms with E-state index in [1.54, 1.807) is 12.1 Å². The molecule has 0 saturated carbocycles. The molecule has 0 aliphatic carbocycles. The second kappa shape index (κ2) is 17.8. The van der Waals surface area contributed by atoms with Gasteiger partial charge in [0.15, 0.2) is 0 Å². The number of carbonyl (C=O) groups is 1. The third kappa shape index (κ3) is 8.42. The van der Waals surface area contributed by atoms with Gasteiger partial charge >= 0.3 is 26.6 Å². The van der Waals surface area contributed by atoms with Gasteiger partial charge < -0.3 is 29.6 Å². The molecule has 0 aliphatic rings. The van der Waals surface area contributed by atoms with E-state index in [0.717, 1.165) is 68.0 Å². The number of carbonyl (C=O) groups excluding carboxylic acids is 1. The Bertz CT molecular complexity index is 2200. The van der Waals surface area contributed by atoms with Crippen molar-refractivity contribution in [2.24, 2.45) is 0 Å². The molecule has 11 nitrogen and oxygen atoms in total. The van der Waals surface area contributed by atoms with Gasteiger partial charge in [0.05, 0.1) is 21.8 Å². The quantitative estimate of drug-likeness (QED) is 0.132. The van der Waals surface area contributed by atoms with Gasteiger partial charge in [0, 0.05) is 29.2 Å². The average Bonchev–Trinajstić information content (AvgIpc) is 4.00. The molecule has 4 aromatic carbocycles. The van der Waals surface area contributed by atoms with Crippen LogP contribution in [0.25, 0.3) is 43.9 Å². The van der Waals surface area contributed by atoms with Crippen LogP contribution in [0.5, 0.6) is 0 Å². The van der Waals surface area contributed by atoms with Crippen molar-refractivity contribution >= 4 is 34.6 Å². The summed E-state index contributed by atoms with van der Waals surface area (Å²) in [6.45, 7) is 6.31. The Morgan fingerprint density at radius 1 is 0.623 bits per heavy atom. The maximum Gasteiger partial charge on any atom is 2.00 e. The van der Waals surface area contributed by atoms with Gasteiger partial charge in [-0.1, -0.05) is 109 Å². The molecule has 0 bridgehead atoms. The molecular formula is C39H37BN8O3SZn. The third-order valence-electron chi connectivity index (χ3n) is 8.64. The number of aliphatic hydroxyl groups is 1. The molecular weight excluding hydrogens is 737 g/mol. The van der Waals surface area contributed by atoms with Gasteiger partial charge in [-0.25, -0.2) is 15.3 Å². The van der Waals surface area contributed by atoms with Crippen LogP contribution in [0.1, 0.15) is 27.6 Å². The van der Waals surface area contributed by atoms with Crippen LogP contribution in [0.2, 0.25) is 0 Å². The molecule has 4 aromatic heterocycles. The molecule has 0 spiro atoms. The van der Waals surface area contributed by atoms with Crippen molar-refractivity contribution < 1.29 is 29.4 Å². The number of nitrogens with zero attached hydrogens (tertiary/aromatic N) is 7. The van der Waals surface area contributed by atoms with E-state index < -0.39 is 13.0 Å². The summed E-state index contributed by atoms with van der Waals surface area (Å²) >= 11 is 1.21. The zero-order chi connectivity index (χ0) is 36.6. The van der Waals surface area contributed by atoms with Crippen LogP contribution in [0.3, 0.4) is 0 Å². The molecule has 0 unspecified atom stereocenters. The number of aryl methyl sites for hydroxylation is 3. The second-order valence-corrected chi connectivity index (χ2v) is 12.8. The van der Waals surface area contributed by atoms with Gasteiger partial charge in [0.2, 0.25) is 0 Å². The Labute approximate surface area is 324 Å². The van der Waals surface area contributed by atoms with Gasteiger partial charge in [-0.2, -0.15) is 4.37 Å². The molecule has 0 saturated heterocycles. The number of fused-ring (bicyclic) bond motifs is 1. The first-order valence-electron chi connectivity index (χ1n) is 16.6. The van der Waals surface area contributed by atoms with Crippen LogP contribution in [0, 0.1) is 26.0 Å². The fourth-order valence-corrected chi connectivity index (χ4v) is 6.89. The van der Waals surface area contributed by atoms with Crippen LogP contribution in [-0.4, -0.2) is 58.7 Å². The molecule has 0 fully saturated rings. The second-order valence-electron chi connectivity index (χ2n) is 12.0. The van der Waals surface area contributed by atoms with Crippen molar-refractivity contribution in [2.75, 3.05) is 7.11 Å². The first-order valence-corrected chi connectivity index (χ1v) is 17.4. The standard InChI is InChI=1S/C30H28BN6.C8H5N2O2S.CH4O.Zn/c1-22-19-28(25-13-7-4-8-14-25)32-35(22)31(36-23(2)20-29(33-36)26-15-9-5-10-16-26)37-24(3)21-30(34-37)27-17-11-6-12-18-27;11-8(9-12)7-5-3-1-2-4-6(5)13-10-7;1-2;/h4-21,31H,1-3H3;1-4H,(H-,9,10,11,12);2H,1H3;/q2*-1;;+2. The Kier molecular flexibility index (Phi) is 13.0. The van der Waals surface area contributed by atoms with E-state index in [9.17, 15) is 10.0 Å². The molecule has 0 radical (unpaired) electrons. The van der Waals surface area contributed by atoms with E-state index in [0.29, 0.717) is 0 Å². The van der Waals surface area contributed by atoms with Crippen LogP contribution >= 0.6 is 11.5 Å². The van der Waals surface area contributed by atoms with E-state index in [1.807, 2.05) is 66.7 Å². The predicted molar refractivity (Wildman–Crippen MR) is 209 cm³/mol. The minimum absolute atomic E-state index is 0. The summed E-state index contributed by atoms with van der Waals surface area (Å²) in [7, 11) is -0.555. The zero-order valence-corrected chi connectivity index (χ0v) is 33.7. The number of hydrogen-bond donors (Lipinski definition) is 2. The van der Waals surface area contributed by atoms with Gasteiger partial charge in [-0.05, 0) is 73.7 Å². The maximum absolute atomic E-state index is 11.0. The van der Waals surface area contributed by atoms with Crippen molar-refractivity contribution in [3.63, 3.8) is 0 Å². The number of nitrogens with one attached hydrogen (secondary N) is 1. The van der Waals surface area contributed by atoms with E-state index in [2.05, 4.69) is 93.5 Å². The summed E-state index contributed by atoms with van der Waals surface area (Å²) in [5.74, 6) is -0.683. The van der Waals surface area contributed by atoms with E-state index >= 15 is 0 Å². The number of benzene rings is 4. The SMILES string of the molecule is CO.Cc1cc(-c2ccccc2)nn1[BH-](n1nc(-c2ccccc2)cc1C)n1nc(-c2ccccc2)cc1C.O=C(N[O-])c1nsc2ccccc12.[Zn+2]. The fraction of sp³-hybridized carbons (Fsp3) is 0.103. The van der Waals surface area contributed by atoms with Crippen LogP contribution in [-0.2, 0) is 19.5 Å². The van der Waals surface area contributed by atoms with Gasteiger partial charge in [-0.15, -0.1) is 0 Å². The predicted octanol–water partition coefficient (Wildman–Crippen LogP) is 6.99. The summed E-state index contributed by atoms with van der Waals surface area (Å²) in [4.78, 5) is 11.0. The monoisotopic (exact) mass is 772 g/mol. The largest absolute Gasteiger partial charge is 2.00 e. The minimum atomic E-state index is -1.55. The van der Waals surface area contributed by atoms with Crippen molar-refractivity contribution in [3.05, 3.63) is 161 Å². The molecule has 8 rings (SSSR count). The first kappa shape index (κ1) is 38.7. The molecule has 0 atom stereocenters. The van der Waals surface area contributed by atoms with Gasteiger partial charge in [-0.3, -0.25) is 4.79 Å². The Balaban J connectivity index is 0.000000284. The van der Waals surface area contributed by atoms with E-state index in [-0.39, 0.29) is 25.2 Å². The number of hydrogen-bond acceptors (Lipinski definition) is 8. The van der Waals surface area contributed by atoms with E-state index in [1.165, 1.54) is 17.0 Å². The number of aromatic nitrogens is 7. The molecule has 0 aliphatic heterocycles. The smallest absolute Gasteiger partial charge is 0.759 e. The summed E-state index contributed by atoms with van der Waals surface area (Å²) in [5.41, 5.74) is 10.8. The van der Waals surface area contributed by atoms with Crippen LogP contribution in [0.15, 0.2) is 133 Å². The number of hydroxylamine groups is 1. The minimum Gasteiger partial charge on any atom is -0.759 e. The number of amides is 1. The van der Waals surface area contributed by atoms with Crippen molar-refractivity contribution in [1.29, 1.82) is 0 Å². The zero-order valence-electron chi connectivity index (χ0n) is 29.9. The third-order valence-corrected chi connectivity index (χ3v) is 9.47. The topological polar surface area (TPSA) is 139 Å². The maximum atomic E-state index is 11.0. The van der Waals surface area contributed by atoms with Crippen LogP contribution in [0.4, 0.5) is 0 Å². The van der Waals surface area contributed by atoms with Gasteiger partial charge in [0.25, 0.3) is 5.91 Å². The molecule has 53 heavy (non-hydrogen) atoms. The summed E-state index contributed by atoms with van der Waals surface area (Å²) in [5, 5.41) is 33.2. The Morgan fingerprint density at radius 3 is 1.36 bits per heavy atom. The number of aliphatic hydroxyl groups excluding tert-OH is 1. The van der Waals surface area contributed by atoms with Crippen molar-refractivity contribution in [3.8, 4) is 33.8 Å². The van der Waals surface area contributed by atoms with Crippen LogP contribution < -0.4 is 5.48 Å². The Morgan fingerprint density at radius 2 is 0.981 bits per heavy atom. The first-order chi connectivity index (χ1) is 25.4. The van der Waals surface area contributed by atoms with E-state index in [4.69, 9.17) is 20.4 Å². The molecule has 4 heterocycles. The Hall–Kier alpha value is -5.52. The summed E-state index contributed by atoms with van der Waals surface area (Å²) in [6.07, 6.45) is 0. The molecule has 2 N–H and O–H groups in total. The molecule has 1 amide bonds. The summed E-state index contributed by atoms with van der Waals surface area (Å²) < 4.78 is 11.1.